The summed E-state index contributed by atoms with van der Waals surface area (Å²) in [5.41, 5.74) is 1.84. The van der Waals surface area contributed by atoms with Crippen LogP contribution in [-0.4, -0.2) is 59.7 Å². The van der Waals surface area contributed by atoms with E-state index in [9.17, 15) is 18.8 Å². The van der Waals surface area contributed by atoms with Crippen LogP contribution in [-0.2, 0) is 10.2 Å². The van der Waals surface area contributed by atoms with Gasteiger partial charge in [-0.3, -0.25) is 14.4 Å². The SMILES string of the molecule is CC(NC(=O)c1ccc(C(C)(C)C)cc1)C(=O)N1CCN(C(=O)c2ccc(F)cc2Cl)CC1. The zero-order valence-corrected chi connectivity index (χ0v) is 20.1. The van der Waals surface area contributed by atoms with Crippen molar-refractivity contribution in [3.05, 3.63) is 70.0 Å². The minimum atomic E-state index is -0.700. The first-order valence-corrected chi connectivity index (χ1v) is 11.3. The van der Waals surface area contributed by atoms with Gasteiger partial charge in [-0.25, -0.2) is 4.39 Å². The highest BCUT2D eigenvalue weighted by atomic mass is 35.5. The second kappa shape index (κ2) is 9.91. The van der Waals surface area contributed by atoms with Gasteiger partial charge in [0.05, 0.1) is 10.6 Å². The van der Waals surface area contributed by atoms with Gasteiger partial charge >= 0.3 is 0 Å². The van der Waals surface area contributed by atoms with Crippen LogP contribution in [0.5, 0.6) is 0 Å². The molecule has 1 atom stereocenters. The third-order valence-corrected chi connectivity index (χ3v) is 6.08. The number of nitrogens with zero attached hydrogens (tertiary/aromatic N) is 2. The molecule has 1 aliphatic rings. The van der Waals surface area contributed by atoms with Gasteiger partial charge in [0.25, 0.3) is 11.8 Å². The van der Waals surface area contributed by atoms with Gasteiger partial charge in [0.2, 0.25) is 5.91 Å². The van der Waals surface area contributed by atoms with Gasteiger partial charge in [0.1, 0.15) is 11.9 Å². The third-order valence-electron chi connectivity index (χ3n) is 5.77. The maximum atomic E-state index is 13.2. The molecule has 176 valence electrons. The zero-order chi connectivity index (χ0) is 24.3. The number of carbonyl (C=O) groups excluding carboxylic acids is 3. The normalized spacial score (nSPS) is 15.2. The van der Waals surface area contributed by atoms with E-state index in [1.54, 1.807) is 28.9 Å². The van der Waals surface area contributed by atoms with Crippen molar-refractivity contribution in [3.63, 3.8) is 0 Å². The van der Waals surface area contributed by atoms with E-state index in [0.29, 0.717) is 31.7 Å². The Hall–Kier alpha value is -2.93. The van der Waals surface area contributed by atoms with Gasteiger partial charge in [-0.2, -0.15) is 0 Å². The molecule has 1 unspecified atom stereocenters. The standard InChI is InChI=1S/C25H29ClFN3O3/c1-16(28-22(31)17-5-7-18(8-6-17)25(2,3)4)23(32)29-11-13-30(14-12-29)24(33)20-10-9-19(27)15-21(20)26/h5-10,15-16H,11-14H2,1-4H3,(H,28,31). The predicted octanol–water partition coefficient (Wildman–Crippen LogP) is 3.88. The Balaban J connectivity index is 1.54. The van der Waals surface area contributed by atoms with E-state index >= 15 is 0 Å². The van der Waals surface area contributed by atoms with E-state index in [4.69, 9.17) is 11.6 Å². The molecule has 1 heterocycles. The molecule has 1 fully saturated rings. The van der Waals surface area contributed by atoms with Crippen LogP contribution in [0.3, 0.4) is 0 Å². The molecule has 1 aliphatic heterocycles. The van der Waals surface area contributed by atoms with Crippen LogP contribution in [0.4, 0.5) is 4.39 Å². The fourth-order valence-corrected chi connectivity index (χ4v) is 3.95. The Morgan fingerprint density at radius 2 is 1.55 bits per heavy atom. The molecule has 1 N–H and O–H groups in total. The van der Waals surface area contributed by atoms with Crippen molar-refractivity contribution in [1.29, 1.82) is 0 Å². The highest BCUT2D eigenvalue weighted by Crippen LogP contribution is 2.22. The average molecular weight is 474 g/mol. The molecule has 6 nitrogen and oxygen atoms in total. The fourth-order valence-electron chi connectivity index (χ4n) is 3.70. The summed E-state index contributed by atoms with van der Waals surface area (Å²) in [5, 5.41) is 2.82. The first-order valence-electron chi connectivity index (χ1n) is 10.9. The largest absolute Gasteiger partial charge is 0.341 e. The van der Waals surface area contributed by atoms with Crippen LogP contribution in [0.15, 0.2) is 42.5 Å². The van der Waals surface area contributed by atoms with Crippen LogP contribution in [0.2, 0.25) is 5.02 Å². The Kier molecular flexibility index (Phi) is 7.42. The van der Waals surface area contributed by atoms with Crippen molar-refractivity contribution in [2.45, 2.75) is 39.2 Å². The maximum absolute atomic E-state index is 13.2. The lowest BCUT2D eigenvalue weighted by Crippen LogP contribution is -2.55. The number of nitrogens with one attached hydrogen (secondary N) is 1. The van der Waals surface area contributed by atoms with Crippen molar-refractivity contribution >= 4 is 29.3 Å². The van der Waals surface area contributed by atoms with Gasteiger partial charge in [-0.1, -0.05) is 44.5 Å². The molecule has 3 rings (SSSR count). The van der Waals surface area contributed by atoms with E-state index in [1.807, 2.05) is 12.1 Å². The molecular weight excluding hydrogens is 445 g/mol. The van der Waals surface area contributed by atoms with Crippen LogP contribution >= 0.6 is 11.6 Å². The topological polar surface area (TPSA) is 69.7 Å². The minimum Gasteiger partial charge on any atom is -0.341 e. The number of hydrogen-bond donors (Lipinski definition) is 1. The lowest BCUT2D eigenvalue weighted by atomic mass is 9.86. The Bertz CT molecular complexity index is 1040. The van der Waals surface area contributed by atoms with Crippen LogP contribution in [0.1, 0.15) is 54.0 Å². The molecule has 0 saturated carbocycles. The number of carbonyl (C=O) groups is 3. The molecule has 0 aromatic heterocycles. The van der Waals surface area contributed by atoms with E-state index in [2.05, 4.69) is 26.1 Å². The molecule has 0 radical (unpaired) electrons. The van der Waals surface area contributed by atoms with Gasteiger partial charge < -0.3 is 15.1 Å². The summed E-state index contributed by atoms with van der Waals surface area (Å²) in [7, 11) is 0. The van der Waals surface area contributed by atoms with E-state index in [-0.39, 0.29) is 33.7 Å². The molecule has 0 bridgehead atoms. The summed E-state index contributed by atoms with van der Waals surface area (Å²) in [5.74, 6) is -1.32. The highest BCUT2D eigenvalue weighted by molar-refractivity contribution is 6.33. The van der Waals surface area contributed by atoms with Crippen molar-refractivity contribution < 1.29 is 18.8 Å². The van der Waals surface area contributed by atoms with Gasteiger partial charge in [-0.15, -0.1) is 0 Å². The number of amides is 3. The van der Waals surface area contributed by atoms with Gasteiger partial charge in [0.15, 0.2) is 0 Å². The van der Waals surface area contributed by atoms with E-state index in [0.717, 1.165) is 11.6 Å². The zero-order valence-electron chi connectivity index (χ0n) is 19.3. The third kappa shape index (κ3) is 5.90. The van der Waals surface area contributed by atoms with Crippen molar-refractivity contribution in [2.75, 3.05) is 26.2 Å². The fraction of sp³-hybridized carbons (Fsp3) is 0.400. The number of halogens is 2. The van der Waals surface area contributed by atoms with Crippen LogP contribution in [0.25, 0.3) is 0 Å². The summed E-state index contributed by atoms with van der Waals surface area (Å²) in [6.07, 6.45) is 0. The number of hydrogen-bond acceptors (Lipinski definition) is 3. The smallest absolute Gasteiger partial charge is 0.255 e. The summed E-state index contributed by atoms with van der Waals surface area (Å²) in [6.45, 7) is 9.28. The molecule has 0 spiro atoms. The second-order valence-corrected chi connectivity index (χ2v) is 9.67. The number of rotatable bonds is 4. The maximum Gasteiger partial charge on any atom is 0.255 e. The Morgan fingerprint density at radius 3 is 2.09 bits per heavy atom. The molecule has 2 aromatic rings. The molecule has 8 heteroatoms. The quantitative estimate of drug-likeness (QED) is 0.732. The molecule has 33 heavy (non-hydrogen) atoms. The van der Waals surface area contributed by atoms with E-state index < -0.39 is 11.9 Å². The molecular formula is C25H29ClFN3O3. The summed E-state index contributed by atoms with van der Waals surface area (Å²) >= 11 is 6.00. The summed E-state index contributed by atoms with van der Waals surface area (Å²) < 4.78 is 13.2. The van der Waals surface area contributed by atoms with Gasteiger partial charge in [0, 0.05) is 31.7 Å². The average Bonchev–Trinajstić information content (AvgIpc) is 2.77. The molecule has 0 aliphatic carbocycles. The summed E-state index contributed by atoms with van der Waals surface area (Å²) in [6, 6.07) is 10.3. The first-order chi connectivity index (χ1) is 15.5. The molecule has 1 saturated heterocycles. The van der Waals surface area contributed by atoms with Crippen LogP contribution in [0, 0.1) is 5.82 Å². The monoisotopic (exact) mass is 473 g/mol. The van der Waals surface area contributed by atoms with E-state index in [1.165, 1.54) is 12.1 Å². The first kappa shape index (κ1) is 24.7. The Labute approximate surface area is 198 Å². The van der Waals surface area contributed by atoms with Gasteiger partial charge in [-0.05, 0) is 48.2 Å². The van der Waals surface area contributed by atoms with Crippen LogP contribution < -0.4 is 5.32 Å². The summed E-state index contributed by atoms with van der Waals surface area (Å²) in [4.78, 5) is 41.3. The predicted molar refractivity (Wildman–Crippen MR) is 126 cm³/mol. The van der Waals surface area contributed by atoms with Crippen molar-refractivity contribution in [1.82, 2.24) is 15.1 Å². The molecule has 2 aromatic carbocycles. The highest BCUT2D eigenvalue weighted by Gasteiger charge is 2.29. The minimum absolute atomic E-state index is 0.0101. The Morgan fingerprint density at radius 1 is 0.970 bits per heavy atom. The second-order valence-electron chi connectivity index (χ2n) is 9.26. The lowest BCUT2D eigenvalue weighted by molar-refractivity contribution is -0.134. The lowest BCUT2D eigenvalue weighted by Gasteiger charge is -2.36. The van der Waals surface area contributed by atoms with Crippen molar-refractivity contribution in [3.8, 4) is 0 Å². The number of benzene rings is 2. The number of piperazine rings is 1. The van der Waals surface area contributed by atoms with Crippen molar-refractivity contribution in [2.24, 2.45) is 0 Å². The molecule has 3 amide bonds.